The molecule has 5 heteroatoms. The summed E-state index contributed by atoms with van der Waals surface area (Å²) in [5.41, 5.74) is 8.60. The van der Waals surface area contributed by atoms with Crippen LogP contribution >= 0.6 is 0 Å². The number of hydrogen-bond acceptors (Lipinski definition) is 4. The first-order chi connectivity index (χ1) is 12.0. The molecular formula is C20H33N3O2. The van der Waals surface area contributed by atoms with Crippen LogP contribution in [-0.4, -0.2) is 45.3 Å². The van der Waals surface area contributed by atoms with E-state index in [1.807, 2.05) is 19.2 Å². The van der Waals surface area contributed by atoms with Crippen LogP contribution in [0.4, 0.5) is 0 Å². The van der Waals surface area contributed by atoms with Gasteiger partial charge in [0.25, 0.3) is 0 Å². The first-order valence-electron chi connectivity index (χ1n) is 9.38. The van der Waals surface area contributed by atoms with E-state index in [0.717, 1.165) is 38.8 Å². The maximum absolute atomic E-state index is 11.7. The summed E-state index contributed by atoms with van der Waals surface area (Å²) in [6, 6.07) is 6.13. The second kappa shape index (κ2) is 8.79. The summed E-state index contributed by atoms with van der Waals surface area (Å²) in [6.07, 6.45) is 4.03. The Balaban J connectivity index is 2.43. The van der Waals surface area contributed by atoms with E-state index in [2.05, 4.69) is 30.5 Å². The fourth-order valence-electron chi connectivity index (χ4n) is 4.37. The van der Waals surface area contributed by atoms with Crippen LogP contribution in [0.1, 0.15) is 54.6 Å². The van der Waals surface area contributed by atoms with E-state index < -0.39 is 0 Å². The average molecular weight is 348 g/mol. The third kappa shape index (κ3) is 3.89. The molecule has 25 heavy (non-hydrogen) atoms. The minimum absolute atomic E-state index is 0.0562. The molecular weight excluding hydrogens is 314 g/mol. The minimum Gasteiger partial charge on any atom is -0.379 e. The van der Waals surface area contributed by atoms with Crippen LogP contribution in [0.5, 0.6) is 0 Å². The van der Waals surface area contributed by atoms with Crippen LogP contribution in [0.25, 0.3) is 0 Å². The van der Waals surface area contributed by atoms with E-state index >= 15 is 0 Å². The summed E-state index contributed by atoms with van der Waals surface area (Å²) in [6.45, 7) is 6.39. The second-order valence-electron chi connectivity index (χ2n) is 6.97. The summed E-state index contributed by atoms with van der Waals surface area (Å²) < 4.78 is 5.88. The molecule has 0 saturated carbocycles. The average Bonchev–Trinajstić information content (AvgIpc) is 2.63. The van der Waals surface area contributed by atoms with Gasteiger partial charge in [-0.1, -0.05) is 19.9 Å². The van der Waals surface area contributed by atoms with Crippen molar-refractivity contribution in [3.63, 3.8) is 0 Å². The molecule has 0 heterocycles. The summed E-state index contributed by atoms with van der Waals surface area (Å²) >= 11 is 0. The molecule has 0 aliphatic heterocycles. The molecule has 1 aliphatic carbocycles. The van der Waals surface area contributed by atoms with Crippen molar-refractivity contribution in [1.82, 2.24) is 10.6 Å². The van der Waals surface area contributed by atoms with Gasteiger partial charge >= 0.3 is 0 Å². The number of nitrogens with one attached hydrogen (secondary N) is 2. The molecule has 1 aromatic carbocycles. The van der Waals surface area contributed by atoms with Crippen LogP contribution in [0.3, 0.4) is 0 Å². The molecule has 0 aromatic heterocycles. The lowest BCUT2D eigenvalue weighted by molar-refractivity contribution is 0.0245. The topological polar surface area (TPSA) is 76.4 Å². The number of nitrogens with two attached hydrogens (primary N) is 1. The van der Waals surface area contributed by atoms with Gasteiger partial charge in [-0.15, -0.1) is 0 Å². The predicted molar refractivity (Wildman–Crippen MR) is 102 cm³/mol. The van der Waals surface area contributed by atoms with Crippen molar-refractivity contribution in [2.24, 2.45) is 5.73 Å². The molecule has 0 radical (unpaired) electrons. The molecule has 0 bridgehead atoms. The zero-order valence-electron chi connectivity index (χ0n) is 16.0. The molecule has 1 aromatic rings. The molecule has 2 rings (SSSR count). The summed E-state index contributed by atoms with van der Waals surface area (Å²) in [5.74, 6) is -0.365. The van der Waals surface area contributed by atoms with Gasteiger partial charge in [0.05, 0.1) is 6.10 Å². The molecule has 0 spiro atoms. The van der Waals surface area contributed by atoms with Gasteiger partial charge in [0.2, 0.25) is 5.91 Å². The largest absolute Gasteiger partial charge is 0.379 e. The highest BCUT2D eigenvalue weighted by atomic mass is 16.5. The molecule has 1 aliphatic rings. The lowest BCUT2D eigenvalue weighted by atomic mass is 9.62. The number of fused-ring (bicyclic) bond motifs is 1. The van der Waals surface area contributed by atoms with E-state index in [1.165, 1.54) is 11.1 Å². The number of carbonyl (C=O) groups is 1. The molecule has 2 atom stereocenters. The minimum atomic E-state index is -0.365. The highest BCUT2D eigenvalue weighted by molar-refractivity contribution is 5.93. The van der Waals surface area contributed by atoms with Gasteiger partial charge in [0, 0.05) is 30.6 Å². The summed E-state index contributed by atoms with van der Waals surface area (Å²) in [7, 11) is 3.77. The molecule has 5 nitrogen and oxygen atoms in total. The van der Waals surface area contributed by atoms with Crippen molar-refractivity contribution in [1.29, 1.82) is 0 Å². The van der Waals surface area contributed by atoms with Crippen LogP contribution in [0, 0.1) is 0 Å². The van der Waals surface area contributed by atoms with Gasteiger partial charge in [-0.25, -0.2) is 0 Å². The first kappa shape index (κ1) is 19.9. The maximum atomic E-state index is 11.7. The van der Waals surface area contributed by atoms with Gasteiger partial charge in [0.15, 0.2) is 0 Å². The van der Waals surface area contributed by atoms with Gasteiger partial charge in [0.1, 0.15) is 0 Å². The highest BCUT2D eigenvalue weighted by Gasteiger charge is 2.46. The van der Waals surface area contributed by atoms with Crippen LogP contribution in [0.15, 0.2) is 18.2 Å². The Morgan fingerprint density at radius 2 is 2.04 bits per heavy atom. The Hall–Kier alpha value is -1.43. The van der Waals surface area contributed by atoms with Crippen molar-refractivity contribution in [2.75, 3.05) is 27.2 Å². The molecule has 0 saturated heterocycles. The molecule has 0 fully saturated rings. The Morgan fingerprint density at radius 3 is 2.60 bits per heavy atom. The Morgan fingerprint density at radius 1 is 1.32 bits per heavy atom. The number of hydrogen-bond donors (Lipinski definition) is 3. The van der Waals surface area contributed by atoms with Crippen LogP contribution in [0.2, 0.25) is 0 Å². The van der Waals surface area contributed by atoms with Crippen molar-refractivity contribution >= 4 is 5.91 Å². The highest BCUT2D eigenvalue weighted by Crippen LogP contribution is 2.44. The quantitative estimate of drug-likeness (QED) is 0.597. The second-order valence-corrected chi connectivity index (χ2v) is 6.97. The van der Waals surface area contributed by atoms with E-state index in [1.54, 1.807) is 7.11 Å². The van der Waals surface area contributed by atoms with E-state index in [9.17, 15) is 4.79 Å². The SMILES string of the molecule is CCC1(CC)c2cc(C(N)=O)ccc2C[C@H](OC)[C@H]1NCCCNC. The number of benzene rings is 1. The zero-order chi connectivity index (χ0) is 18.4. The summed E-state index contributed by atoms with van der Waals surface area (Å²) in [5, 5.41) is 6.95. The Bertz CT molecular complexity index is 584. The summed E-state index contributed by atoms with van der Waals surface area (Å²) in [4.78, 5) is 11.7. The lowest BCUT2D eigenvalue weighted by Crippen LogP contribution is -2.59. The number of primary amides is 1. The third-order valence-electron chi connectivity index (χ3n) is 5.85. The number of carbonyl (C=O) groups excluding carboxylic acids is 1. The molecule has 4 N–H and O–H groups in total. The molecule has 1 amide bonds. The number of rotatable bonds is 9. The normalized spacial score (nSPS) is 21.8. The number of ether oxygens (including phenoxy) is 1. The van der Waals surface area contributed by atoms with Gasteiger partial charge in [-0.2, -0.15) is 0 Å². The fraction of sp³-hybridized carbons (Fsp3) is 0.650. The van der Waals surface area contributed by atoms with E-state index in [0.29, 0.717) is 5.56 Å². The van der Waals surface area contributed by atoms with Crippen molar-refractivity contribution in [2.45, 2.75) is 57.1 Å². The third-order valence-corrected chi connectivity index (χ3v) is 5.85. The van der Waals surface area contributed by atoms with Gasteiger partial charge < -0.3 is 21.1 Å². The van der Waals surface area contributed by atoms with Crippen molar-refractivity contribution < 1.29 is 9.53 Å². The standard InChI is InChI=1S/C20H33N3O2/c1-5-20(6-2)16-12-15(19(21)24)9-8-14(16)13-17(25-4)18(20)23-11-7-10-22-3/h8-9,12,17-18,22-23H,5-7,10-11,13H2,1-4H3,(H2,21,24)/t17-,18+/m0/s1. The van der Waals surface area contributed by atoms with Crippen LogP contribution < -0.4 is 16.4 Å². The van der Waals surface area contributed by atoms with Crippen molar-refractivity contribution in [3.8, 4) is 0 Å². The van der Waals surface area contributed by atoms with Crippen LogP contribution in [-0.2, 0) is 16.6 Å². The monoisotopic (exact) mass is 347 g/mol. The molecule has 140 valence electrons. The van der Waals surface area contributed by atoms with Crippen molar-refractivity contribution in [3.05, 3.63) is 34.9 Å². The predicted octanol–water partition coefficient (Wildman–Crippen LogP) is 1.98. The Labute approximate surface area is 151 Å². The first-order valence-corrected chi connectivity index (χ1v) is 9.38. The zero-order valence-corrected chi connectivity index (χ0v) is 16.0. The smallest absolute Gasteiger partial charge is 0.248 e. The Kier molecular flexibility index (Phi) is 6.99. The lowest BCUT2D eigenvalue weighted by Gasteiger charge is -2.49. The van der Waals surface area contributed by atoms with Gasteiger partial charge in [-0.3, -0.25) is 4.79 Å². The van der Waals surface area contributed by atoms with Gasteiger partial charge in [-0.05, 0) is 62.7 Å². The van der Waals surface area contributed by atoms with E-state index in [4.69, 9.17) is 10.5 Å². The van der Waals surface area contributed by atoms with E-state index in [-0.39, 0.29) is 23.5 Å². The number of methoxy groups -OCH3 is 1. The fourth-order valence-corrected chi connectivity index (χ4v) is 4.37. The molecule has 0 unspecified atom stereocenters. The number of amides is 1. The maximum Gasteiger partial charge on any atom is 0.248 e.